The van der Waals surface area contributed by atoms with Crippen LogP contribution < -0.4 is 4.74 Å². The molecule has 0 fully saturated rings. The standard InChI is InChI=1S/C17H25N3O2/c1-14(20-13-18-12-19-20)17(21-5,16(2,3)4)11-22-15-9-7-6-8-10-15/h6-10,12-14H,11H2,1-5H3. The van der Waals surface area contributed by atoms with Crippen molar-refractivity contribution in [3.8, 4) is 5.75 Å². The normalized spacial score (nSPS) is 16.0. The molecule has 2 aromatic rings. The Bertz CT molecular complexity index is 563. The monoisotopic (exact) mass is 303 g/mol. The van der Waals surface area contributed by atoms with Gasteiger partial charge in [0.2, 0.25) is 0 Å². The molecule has 0 bridgehead atoms. The van der Waals surface area contributed by atoms with E-state index >= 15 is 0 Å². The number of rotatable bonds is 6. The molecule has 5 nitrogen and oxygen atoms in total. The minimum atomic E-state index is -0.545. The average molecular weight is 303 g/mol. The molecule has 0 N–H and O–H groups in total. The van der Waals surface area contributed by atoms with Gasteiger partial charge in [-0.3, -0.25) is 0 Å². The van der Waals surface area contributed by atoms with Crippen molar-refractivity contribution >= 4 is 0 Å². The Hall–Kier alpha value is -1.88. The third-order valence-corrected chi connectivity index (χ3v) is 4.34. The largest absolute Gasteiger partial charge is 0.490 e. The molecule has 1 heterocycles. The van der Waals surface area contributed by atoms with Gasteiger partial charge in [-0.15, -0.1) is 0 Å². The van der Waals surface area contributed by atoms with Crippen LogP contribution in [-0.4, -0.2) is 34.1 Å². The molecule has 5 heteroatoms. The number of benzene rings is 1. The summed E-state index contributed by atoms with van der Waals surface area (Å²) in [6, 6.07) is 9.76. The lowest BCUT2D eigenvalue weighted by Crippen LogP contribution is -2.55. The van der Waals surface area contributed by atoms with Crippen molar-refractivity contribution < 1.29 is 9.47 Å². The zero-order valence-electron chi connectivity index (χ0n) is 14.0. The first kappa shape index (κ1) is 16.5. The highest BCUT2D eigenvalue weighted by Gasteiger charge is 2.49. The zero-order chi connectivity index (χ0) is 16.2. The fourth-order valence-electron chi connectivity index (χ4n) is 2.84. The van der Waals surface area contributed by atoms with E-state index in [1.54, 1.807) is 13.4 Å². The van der Waals surface area contributed by atoms with Crippen molar-refractivity contribution in [1.82, 2.24) is 14.8 Å². The summed E-state index contributed by atoms with van der Waals surface area (Å²) in [5, 5.41) is 4.27. The van der Waals surface area contributed by atoms with Crippen LogP contribution in [-0.2, 0) is 4.74 Å². The molecule has 0 radical (unpaired) electrons. The van der Waals surface area contributed by atoms with Crippen molar-refractivity contribution in [2.45, 2.75) is 39.3 Å². The van der Waals surface area contributed by atoms with E-state index in [1.165, 1.54) is 6.33 Å². The van der Waals surface area contributed by atoms with Gasteiger partial charge in [0.1, 0.15) is 30.6 Å². The summed E-state index contributed by atoms with van der Waals surface area (Å²) in [5.74, 6) is 0.832. The Morgan fingerprint density at radius 1 is 1.18 bits per heavy atom. The van der Waals surface area contributed by atoms with Gasteiger partial charge in [-0.25, -0.2) is 9.67 Å². The first-order chi connectivity index (χ1) is 10.4. The summed E-state index contributed by atoms with van der Waals surface area (Å²) in [7, 11) is 1.73. The van der Waals surface area contributed by atoms with Gasteiger partial charge in [0.05, 0.1) is 6.04 Å². The van der Waals surface area contributed by atoms with Gasteiger partial charge in [-0.1, -0.05) is 39.0 Å². The van der Waals surface area contributed by atoms with Crippen molar-refractivity contribution in [3.05, 3.63) is 43.0 Å². The first-order valence-corrected chi connectivity index (χ1v) is 7.48. The molecule has 0 amide bonds. The Labute approximate surface area is 132 Å². The topological polar surface area (TPSA) is 49.2 Å². The van der Waals surface area contributed by atoms with Crippen LogP contribution in [0.3, 0.4) is 0 Å². The van der Waals surface area contributed by atoms with E-state index in [0.717, 1.165) is 5.75 Å². The predicted octanol–water partition coefficient (Wildman–Crippen LogP) is 3.35. The molecule has 0 spiro atoms. The van der Waals surface area contributed by atoms with Gasteiger partial charge in [-0.2, -0.15) is 5.10 Å². The van der Waals surface area contributed by atoms with Crippen LogP contribution in [0.2, 0.25) is 0 Å². The molecule has 0 saturated heterocycles. The van der Waals surface area contributed by atoms with E-state index in [4.69, 9.17) is 9.47 Å². The maximum Gasteiger partial charge on any atom is 0.137 e. The summed E-state index contributed by atoms with van der Waals surface area (Å²) < 4.78 is 13.8. The first-order valence-electron chi connectivity index (χ1n) is 7.48. The van der Waals surface area contributed by atoms with E-state index in [-0.39, 0.29) is 11.5 Å². The van der Waals surface area contributed by atoms with Gasteiger partial charge < -0.3 is 9.47 Å². The number of hydrogen-bond acceptors (Lipinski definition) is 4. The number of ether oxygens (including phenoxy) is 2. The Kier molecular flexibility index (Phi) is 4.86. The summed E-state index contributed by atoms with van der Waals surface area (Å²) in [5.41, 5.74) is -0.696. The fraction of sp³-hybridized carbons (Fsp3) is 0.529. The van der Waals surface area contributed by atoms with E-state index in [0.29, 0.717) is 6.61 Å². The van der Waals surface area contributed by atoms with E-state index in [1.807, 2.05) is 35.0 Å². The number of hydrogen-bond donors (Lipinski definition) is 0. The maximum absolute atomic E-state index is 6.02. The van der Waals surface area contributed by atoms with Crippen molar-refractivity contribution in [3.63, 3.8) is 0 Å². The molecule has 22 heavy (non-hydrogen) atoms. The van der Waals surface area contributed by atoms with Crippen LogP contribution in [0.5, 0.6) is 5.75 Å². The van der Waals surface area contributed by atoms with Gasteiger partial charge >= 0.3 is 0 Å². The summed E-state index contributed by atoms with van der Waals surface area (Å²) in [6.45, 7) is 8.96. The highest BCUT2D eigenvalue weighted by molar-refractivity contribution is 5.21. The third-order valence-electron chi connectivity index (χ3n) is 4.34. The highest BCUT2D eigenvalue weighted by Crippen LogP contribution is 2.42. The Morgan fingerprint density at radius 2 is 1.86 bits per heavy atom. The minimum Gasteiger partial charge on any atom is -0.490 e. The fourth-order valence-corrected chi connectivity index (χ4v) is 2.84. The van der Waals surface area contributed by atoms with Gasteiger partial charge in [0.15, 0.2) is 0 Å². The molecule has 1 aromatic carbocycles. The molecule has 2 unspecified atom stereocenters. The van der Waals surface area contributed by atoms with Crippen molar-refractivity contribution in [1.29, 1.82) is 0 Å². The SMILES string of the molecule is COC(COc1ccccc1)(C(C)n1cncn1)C(C)(C)C. The molecule has 0 saturated carbocycles. The second-order valence-electron chi connectivity index (χ2n) is 6.50. The highest BCUT2D eigenvalue weighted by atomic mass is 16.5. The number of para-hydroxylation sites is 1. The van der Waals surface area contributed by atoms with E-state index in [2.05, 4.69) is 37.8 Å². The van der Waals surface area contributed by atoms with Crippen LogP contribution in [0.4, 0.5) is 0 Å². The van der Waals surface area contributed by atoms with Gasteiger partial charge in [0.25, 0.3) is 0 Å². The summed E-state index contributed by atoms with van der Waals surface area (Å²) >= 11 is 0. The number of aromatic nitrogens is 3. The van der Waals surface area contributed by atoms with Crippen LogP contribution in [0.15, 0.2) is 43.0 Å². The molecule has 0 aliphatic carbocycles. The average Bonchev–Trinajstić information content (AvgIpc) is 3.02. The number of nitrogens with zero attached hydrogens (tertiary/aromatic N) is 3. The van der Waals surface area contributed by atoms with Crippen LogP contribution >= 0.6 is 0 Å². The molecular formula is C17H25N3O2. The zero-order valence-corrected chi connectivity index (χ0v) is 14.0. The lowest BCUT2D eigenvalue weighted by atomic mass is 9.72. The van der Waals surface area contributed by atoms with E-state index in [9.17, 15) is 0 Å². The van der Waals surface area contributed by atoms with Gasteiger partial charge in [0, 0.05) is 7.11 Å². The second kappa shape index (κ2) is 6.48. The smallest absolute Gasteiger partial charge is 0.137 e. The lowest BCUT2D eigenvalue weighted by molar-refractivity contribution is -0.147. The molecule has 0 aliphatic rings. The van der Waals surface area contributed by atoms with E-state index < -0.39 is 5.60 Å². The Balaban J connectivity index is 2.29. The maximum atomic E-state index is 6.02. The summed E-state index contributed by atoms with van der Waals surface area (Å²) in [6.07, 6.45) is 3.25. The predicted molar refractivity (Wildman–Crippen MR) is 85.9 cm³/mol. The molecule has 1 aromatic heterocycles. The third kappa shape index (κ3) is 3.14. The molecule has 120 valence electrons. The quantitative estimate of drug-likeness (QED) is 0.821. The lowest BCUT2D eigenvalue weighted by Gasteiger charge is -2.46. The second-order valence-corrected chi connectivity index (χ2v) is 6.50. The molecule has 0 aliphatic heterocycles. The van der Waals surface area contributed by atoms with Crippen LogP contribution in [0.1, 0.15) is 33.7 Å². The molecular weight excluding hydrogens is 278 g/mol. The van der Waals surface area contributed by atoms with Gasteiger partial charge in [-0.05, 0) is 24.5 Å². The molecule has 2 rings (SSSR count). The van der Waals surface area contributed by atoms with Crippen LogP contribution in [0.25, 0.3) is 0 Å². The van der Waals surface area contributed by atoms with Crippen LogP contribution in [0, 0.1) is 5.41 Å². The molecule has 2 atom stereocenters. The Morgan fingerprint density at radius 3 is 2.36 bits per heavy atom. The number of methoxy groups -OCH3 is 1. The minimum absolute atomic E-state index is 0.0243. The van der Waals surface area contributed by atoms with Crippen molar-refractivity contribution in [2.24, 2.45) is 5.41 Å². The van der Waals surface area contributed by atoms with Crippen molar-refractivity contribution in [2.75, 3.05) is 13.7 Å². The summed E-state index contributed by atoms with van der Waals surface area (Å²) in [4.78, 5) is 4.05.